The Morgan fingerprint density at radius 3 is 2.76 bits per heavy atom. The summed E-state index contributed by atoms with van der Waals surface area (Å²) in [4.78, 5) is 16.2. The molecule has 1 aromatic heterocycles. The predicted molar refractivity (Wildman–Crippen MR) is 81.4 cm³/mol. The molecule has 0 spiro atoms. The molecule has 2 rings (SSSR count). The monoisotopic (exact) mass is 304 g/mol. The first-order valence-corrected chi connectivity index (χ1v) is 6.94. The van der Waals surface area contributed by atoms with Crippen molar-refractivity contribution in [1.82, 2.24) is 15.5 Å². The van der Waals surface area contributed by atoms with Crippen LogP contribution in [0.3, 0.4) is 0 Å². The third kappa shape index (κ3) is 4.64. The number of hydrogen-bond acceptors (Lipinski definition) is 5. The van der Waals surface area contributed by atoms with Crippen LogP contribution in [0, 0.1) is 5.92 Å². The zero-order valence-electron chi connectivity index (χ0n) is 11.4. The first-order valence-electron chi connectivity index (χ1n) is 6.53. The van der Waals surface area contributed by atoms with Gasteiger partial charge in [-0.05, 0) is 12.0 Å². The van der Waals surface area contributed by atoms with Crippen LogP contribution in [0.25, 0.3) is 0 Å². The van der Waals surface area contributed by atoms with E-state index in [1.165, 1.54) is 6.39 Å². The van der Waals surface area contributed by atoms with E-state index in [1.54, 1.807) is 0 Å². The quantitative estimate of drug-likeness (QED) is 0.737. The molecule has 21 heavy (non-hydrogen) atoms. The summed E-state index contributed by atoms with van der Waals surface area (Å²) < 4.78 is 4.62. The first kappa shape index (κ1) is 15.1. The van der Waals surface area contributed by atoms with Crippen molar-refractivity contribution in [3.8, 4) is 0 Å². The molecule has 3 N–H and O–H groups in total. The Morgan fingerprint density at radius 1 is 1.38 bits per heavy atom. The molecular formula is C14H16N4O2S. The summed E-state index contributed by atoms with van der Waals surface area (Å²) in [5.74, 6) is -0.159. The van der Waals surface area contributed by atoms with Crippen molar-refractivity contribution < 1.29 is 9.32 Å². The summed E-state index contributed by atoms with van der Waals surface area (Å²) in [6, 6.07) is 9.64. The zero-order chi connectivity index (χ0) is 15.1. The Morgan fingerprint density at radius 2 is 2.14 bits per heavy atom. The molecule has 1 unspecified atom stereocenters. The summed E-state index contributed by atoms with van der Waals surface area (Å²) in [6.07, 6.45) is 2.24. The van der Waals surface area contributed by atoms with Crippen LogP contribution in [0.1, 0.15) is 11.4 Å². The number of nitrogens with one attached hydrogen (secondary N) is 1. The Kier molecular flexibility index (Phi) is 5.39. The Bertz CT molecular complexity index is 586. The smallest absolute Gasteiger partial charge is 0.230 e. The molecule has 0 radical (unpaired) electrons. The number of carbonyl (C=O) groups is 1. The molecule has 1 aromatic carbocycles. The third-order valence-corrected chi connectivity index (χ3v) is 3.28. The molecule has 1 amide bonds. The maximum absolute atomic E-state index is 12.2. The van der Waals surface area contributed by atoms with Crippen molar-refractivity contribution in [3.05, 3.63) is 48.1 Å². The van der Waals surface area contributed by atoms with E-state index in [0.717, 1.165) is 5.56 Å². The lowest BCUT2D eigenvalue weighted by Crippen LogP contribution is -2.40. The van der Waals surface area contributed by atoms with Gasteiger partial charge in [0.05, 0.1) is 10.9 Å². The second kappa shape index (κ2) is 7.49. The van der Waals surface area contributed by atoms with Gasteiger partial charge in [0.15, 0.2) is 5.82 Å². The fourth-order valence-corrected chi connectivity index (χ4v) is 2.09. The number of nitrogens with two attached hydrogens (primary N) is 1. The Labute approximate surface area is 127 Å². The Hall–Kier alpha value is -2.28. The number of benzene rings is 1. The minimum Gasteiger partial charge on any atom is -0.393 e. The lowest BCUT2D eigenvalue weighted by Gasteiger charge is -2.15. The van der Waals surface area contributed by atoms with Crippen LogP contribution in [0.4, 0.5) is 0 Å². The summed E-state index contributed by atoms with van der Waals surface area (Å²) >= 11 is 5.00. The number of hydrogen-bond donors (Lipinski definition) is 2. The van der Waals surface area contributed by atoms with Crippen molar-refractivity contribution in [2.75, 3.05) is 6.54 Å². The van der Waals surface area contributed by atoms with E-state index < -0.39 is 5.92 Å². The molecule has 0 bridgehead atoms. The fraction of sp³-hybridized carbons (Fsp3) is 0.286. The maximum Gasteiger partial charge on any atom is 0.230 e. The third-order valence-electron chi connectivity index (χ3n) is 3.00. The van der Waals surface area contributed by atoms with Crippen molar-refractivity contribution in [2.45, 2.75) is 12.8 Å². The SMILES string of the molecule is NC(=S)C(Cc1ccccc1)C(=O)NCCc1ncon1. The maximum atomic E-state index is 12.2. The van der Waals surface area contributed by atoms with E-state index in [2.05, 4.69) is 20.0 Å². The molecule has 0 aliphatic carbocycles. The van der Waals surface area contributed by atoms with Crippen LogP contribution in [-0.2, 0) is 17.6 Å². The highest BCUT2D eigenvalue weighted by Gasteiger charge is 2.21. The lowest BCUT2D eigenvalue weighted by molar-refractivity contribution is -0.122. The highest BCUT2D eigenvalue weighted by Crippen LogP contribution is 2.09. The molecule has 0 aliphatic rings. The van der Waals surface area contributed by atoms with Crippen molar-refractivity contribution in [1.29, 1.82) is 0 Å². The van der Waals surface area contributed by atoms with E-state index in [0.29, 0.717) is 25.2 Å². The number of carbonyl (C=O) groups excluding carboxylic acids is 1. The van der Waals surface area contributed by atoms with Crippen molar-refractivity contribution >= 4 is 23.1 Å². The molecule has 0 saturated heterocycles. The van der Waals surface area contributed by atoms with Crippen LogP contribution in [-0.4, -0.2) is 27.6 Å². The first-order chi connectivity index (χ1) is 10.2. The molecule has 0 fully saturated rings. The molecular weight excluding hydrogens is 288 g/mol. The predicted octanol–water partition coefficient (Wildman–Crippen LogP) is 0.873. The number of aromatic nitrogens is 2. The molecule has 0 aliphatic heterocycles. The van der Waals surface area contributed by atoms with Gasteiger partial charge in [-0.1, -0.05) is 47.7 Å². The van der Waals surface area contributed by atoms with E-state index in [4.69, 9.17) is 18.0 Å². The molecule has 6 nitrogen and oxygen atoms in total. The van der Waals surface area contributed by atoms with Gasteiger partial charge in [0.2, 0.25) is 12.3 Å². The van der Waals surface area contributed by atoms with Gasteiger partial charge in [-0.15, -0.1) is 0 Å². The summed E-state index contributed by atoms with van der Waals surface area (Å²) in [7, 11) is 0. The topological polar surface area (TPSA) is 94.0 Å². The van der Waals surface area contributed by atoms with Gasteiger partial charge in [0, 0.05) is 13.0 Å². The second-order valence-corrected chi connectivity index (χ2v) is 5.00. The van der Waals surface area contributed by atoms with Gasteiger partial charge in [0.1, 0.15) is 0 Å². The van der Waals surface area contributed by atoms with Gasteiger partial charge >= 0.3 is 0 Å². The Balaban J connectivity index is 1.88. The molecule has 1 heterocycles. The van der Waals surface area contributed by atoms with Crippen molar-refractivity contribution in [2.24, 2.45) is 11.7 Å². The molecule has 0 saturated carbocycles. The van der Waals surface area contributed by atoms with E-state index >= 15 is 0 Å². The van der Waals surface area contributed by atoms with Crippen LogP contribution < -0.4 is 11.1 Å². The molecule has 110 valence electrons. The summed E-state index contributed by atoms with van der Waals surface area (Å²) in [6.45, 7) is 0.409. The van der Waals surface area contributed by atoms with Gasteiger partial charge in [-0.2, -0.15) is 4.98 Å². The number of amides is 1. The summed E-state index contributed by atoms with van der Waals surface area (Å²) in [5, 5.41) is 6.47. The average Bonchev–Trinajstić information content (AvgIpc) is 2.98. The van der Waals surface area contributed by atoms with Crippen molar-refractivity contribution in [3.63, 3.8) is 0 Å². The van der Waals surface area contributed by atoms with Crippen LogP contribution in [0.5, 0.6) is 0 Å². The number of nitrogens with zero attached hydrogens (tertiary/aromatic N) is 2. The van der Waals surface area contributed by atoms with Gasteiger partial charge < -0.3 is 15.6 Å². The van der Waals surface area contributed by atoms with E-state index in [9.17, 15) is 4.79 Å². The normalized spacial score (nSPS) is 11.8. The number of rotatable bonds is 7. The molecule has 7 heteroatoms. The molecule has 1 atom stereocenters. The highest BCUT2D eigenvalue weighted by molar-refractivity contribution is 7.80. The average molecular weight is 304 g/mol. The largest absolute Gasteiger partial charge is 0.393 e. The fourth-order valence-electron chi connectivity index (χ4n) is 1.90. The lowest BCUT2D eigenvalue weighted by atomic mass is 9.98. The van der Waals surface area contributed by atoms with Gasteiger partial charge in [-0.25, -0.2) is 0 Å². The second-order valence-electron chi connectivity index (χ2n) is 4.53. The van der Waals surface area contributed by atoms with Gasteiger partial charge in [0.25, 0.3) is 0 Å². The minimum absolute atomic E-state index is 0.185. The summed E-state index contributed by atoms with van der Waals surface area (Å²) in [5.41, 5.74) is 6.70. The molecule has 2 aromatic rings. The minimum atomic E-state index is -0.521. The zero-order valence-corrected chi connectivity index (χ0v) is 12.2. The van der Waals surface area contributed by atoms with Gasteiger partial charge in [-0.3, -0.25) is 4.79 Å². The van der Waals surface area contributed by atoms with E-state index in [1.807, 2.05) is 30.3 Å². The standard InChI is InChI=1S/C14H16N4O2S/c15-13(21)11(8-10-4-2-1-3-5-10)14(19)16-7-6-12-17-9-20-18-12/h1-5,9,11H,6-8H2,(H2,15,21)(H,16,19). The van der Waals surface area contributed by atoms with E-state index in [-0.39, 0.29) is 10.9 Å². The van der Waals surface area contributed by atoms with Crippen LogP contribution in [0.15, 0.2) is 41.2 Å². The van der Waals surface area contributed by atoms with Crippen LogP contribution >= 0.6 is 12.2 Å². The number of thiocarbonyl (C=S) groups is 1. The van der Waals surface area contributed by atoms with Crippen LogP contribution in [0.2, 0.25) is 0 Å². The highest BCUT2D eigenvalue weighted by atomic mass is 32.1.